The number of benzene rings is 1. The highest BCUT2D eigenvalue weighted by molar-refractivity contribution is 7.90. The van der Waals surface area contributed by atoms with Gasteiger partial charge in [-0.2, -0.15) is 13.2 Å². The molecule has 0 spiro atoms. The summed E-state index contributed by atoms with van der Waals surface area (Å²) in [6.45, 7) is 1.47. The van der Waals surface area contributed by atoms with E-state index in [4.69, 9.17) is 5.73 Å². The van der Waals surface area contributed by atoms with E-state index in [0.717, 1.165) is 22.7 Å². The van der Waals surface area contributed by atoms with Crippen LogP contribution in [-0.2, 0) is 22.6 Å². The molecular weight excluding hydrogens is 495 g/mol. The van der Waals surface area contributed by atoms with Crippen molar-refractivity contribution >= 4 is 38.2 Å². The molecule has 8 nitrogen and oxygen atoms in total. The van der Waals surface area contributed by atoms with Gasteiger partial charge in [-0.3, -0.25) is 9.78 Å². The summed E-state index contributed by atoms with van der Waals surface area (Å²) in [7, 11) is -3.90. The number of hydrogen-bond acceptors (Lipinski definition) is 7. The fourth-order valence-corrected chi connectivity index (χ4v) is 4.41. The molecule has 3 heterocycles. The van der Waals surface area contributed by atoms with E-state index in [9.17, 15) is 26.4 Å². The molecule has 1 amide bonds. The lowest BCUT2D eigenvalue weighted by Gasteiger charge is -2.25. The molecule has 0 bridgehead atoms. The first-order chi connectivity index (χ1) is 16.8. The number of nitrogens with zero attached hydrogens (tertiary/aromatic N) is 4. The Balaban J connectivity index is 1.88. The van der Waals surface area contributed by atoms with Crippen molar-refractivity contribution in [2.45, 2.75) is 24.7 Å². The average Bonchev–Trinajstić information content (AvgIpc) is 2.80. The van der Waals surface area contributed by atoms with Crippen LogP contribution in [0.4, 0.5) is 24.7 Å². The summed E-state index contributed by atoms with van der Waals surface area (Å²) in [5.74, 6) is -0.601. The summed E-state index contributed by atoms with van der Waals surface area (Å²) in [5, 5.41) is 0.395. The molecule has 0 saturated carbocycles. The number of sulfone groups is 1. The number of halogens is 3. The molecule has 3 aromatic heterocycles. The van der Waals surface area contributed by atoms with Gasteiger partial charge in [0.15, 0.2) is 14.9 Å². The van der Waals surface area contributed by atoms with Crippen molar-refractivity contribution < 1.29 is 26.4 Å². The molecule has 0 fully saturated rings. The molecule has 0 aliphatic carbocycles. The van der Waals surface area contributed by atoms with Gasteiger partial charge >= 0.3 is 6.18 Å². The second kappa shape index (κ2) is 9.19. The number of carbonyl (C=O) groups excluding carboxylic acids is 1. The van der Waals surface area contributed by atoms with Crippen LogP contribution in [0.2, 0.25) is 0 Å². The zero-order chi connectivity index (χ0) is 26.3. The first-order valence-corrected chi connectivity index (χ1v) is 12.4. The maximum atomic E-state index is 13.6. The number of rotatable bonds is 5. The van der Waals surface area contributed by atoms with Crippen LogP contribution in [0.25, 0.3) is 10.9 Å². The zero-order valence-electron chi connectivity index (χ0n) is 19.1. The van der Waals surface area contributed by atoms with Gasteiger partial charge in [0.25, 0.3) is 5.91 Å². The molecule has 0 aliphatic rings. The lowest BCUT2D eigenvalue weighted by Crippen LogP contribution is -2.32. The van der Waals surface area contributed by atoms with Crippen molar-refractivity contribution in [3.05, 3.63) is 83.3 Å². The third kappa shape index (κ3) is 5.28. The van der Waals surface area contributed by atoms with E-state index < -0.39 is 27.5 Å². The van der Waals surface area contributed by atoms with Crippen molar-refractivity contribution in [2.24, 2.45) is 0 Å². The van der Waals surface area contributed by atoms with Gasteiger partial charge in [-0.25, -0.2) is 18.4 Å². The predicted octanol–water partition coefficient (Wildman–Crippen LogP) is 4.18. The fourth-order valence-electron chi connectivity index (χ4n) is 3.61. The number of fused-ring (bicyclic) bond motifs is 1. The van der Waals surface area contributed by atoms with Crippen LogP contribution in [0, 0.1) is 6.92 Å². The van der Waals surface area contributed by atoms with E-state index >= 15 is 0 Å². The topological polar surface area (TPSA) is 119 Å². The quantitative estimate of drug-likeness (QED) is 0.423. The van der Waals surface area contributed by atoms with Gasteiger partial charge in [-0.05, 0) is 48.4 Å². The van der Waals surface area contributed by atoms with Crippen molar-refractivity contribution in [1.82, 2.24) is 15.0 Å². The van der Waals surface area contributed by atoms with Crippen LogP contribution in [-0.4, -0.2) is 35.5 Å². The van der Waals surface area contributed by atoms with Gasteiger partial charge in [0.1, 0.15) is 5.82 Å². The van der Waals surface area contributed by atoms with Gasteiger partial charge in [0, 0.05) is 30.2 Å². The number of aryl methyl sites for hydroxylation is 1. The maximum absolute atomic E-state index is 13.6. The maximum Gasteiger partial charge on any atom is 0.417 e. The van der Waals surface area contributed by atoms with Crippen LogP contribution in [0.5, 0.6) is 0 Å². The van der Waals surface area contributed by atoms with Crippen molar-refractivity contribution in [3.63, 3.8) is 0 Å². The molecule has 0 radical (unpaired) electrons. The predicted molar refractivity (Wildman–Crippen MR) is 128 cm³/mol. The largest absolute Gasteiger partial charge is 0.417 e. The minimum atomic E-state index is -4.72. The third-order valence-electron chi connectivity index (χ3n) is 5.29. The van der Waals surface area contributed by atoms with Crippen LogP contribution < -0.4 is 10.6 Å². The normalized spacial score (nSPS) is 12.0. The summed E-state index contributed by atoms with van der Waals surface area (Å²) < 4.78 is 64.8. The highest BCUT2D eigenvalue weighted by Gasteiger charge is 2.33. The number of pyridine rings is 3. The molecule has 0 saturated heterocycles. The van der Waals surface area contributed by atoms with Gasteiger partial charge < -0.3 is 10.6 Å². The molecule has 4 aromatic rings. The van der Waals surface area contributed by atoms with Crippen LogP contribution in [0.3, 0.4) is 0 Å². The van der Waals surface area contributed by atoms with Gasteiger partial charge in [0.2, 0.25) is 0 Å². The number of hydrogen-bond donors (Lipinski definition) is 1. The second-order valence-corrected chi connectivity index (χ2v) is 10.2. The number of aromatic nitrogens is 3. The second-order valence-electron chi connectivity index (χ2n) is 8.22. The standard InChI is InChI=1S/C24H20F3N5O3S/c1-14-7-20(22(30-10-14)36(2,34)35)32(23(33)17-9-18(12-29-11-17)24(25,26)27)13-15-3-4-16-5-6-21(28)31-19(16)8-15/h3-12H,13H2,1-2H3,(H2,28,31). The molecule has 1 aromatic carbocycles. The Morgan fingerprint density at radius 3 is 2.47 bits per heavy atom. The van der Waals surface area contributed by atoms with E-state index in [2.05, 4.69) is 15.0 Å². The first kappa shape index (κ1) is 25.0. The Kier molecular flexibility index (Phi) is 6.39. The van der Waals surface area contributed by atoms with E-state index in [-0.39, 0.29) is 28.6 Å². The Bertz CT molecular complexity index is 1590. The Morgan fingerprint density at radius 1 is 1.06 bits per heavy atom. The SMILES string of the molecule is Cc1cnc(S(C)(=O)=O)c(N(Cc2ccc3ccc(N)nc3c2)C(=O)c2cncc(C(F)(F)F)c2)c1. The monoisotopic (exact) mass is 515 g/mol. The molecule has 36 heavy (non-hydrogen) atoms. The first-order valence-electron chi connectivity index (χ1n) is 10.5. The van der Waals surface area contributed by atoms with Crippen molar-refractivity contribution in [2.75, 3.05) is 16.9 Å². The van der Waals surface area contributed by atoms with E-state index in [1.165, 1.54) is 12.3 Å². The van der Waals surface area contributed by atoms with Gasteiger partial charge in [-0.1, -0.05) is 12.1 Å². The van der Waals surface area contributed by atoms with Crippen molar-refractivity contribution in [1.29, 1.82) is 0 Å². The van der Waals surface area contributed by atoms with E-state index in [0.29, 0.717) is 28.9 Å². The minimum absolute atomic E-state index is 0.0689. The average molecular weight is 516 g/mol. The molecule has 12 heteroatoms. The summed E-state index contributed by atoms with van der Waals surface area (Å²) in [4.78, 5) is 26.5. The summed E-state index contributed by atoms with van der Waals surface area (Å²) in [6.07, 6.45) is -0.851. The Morgan fingerprint density at radius 2 is 1.78 bits per heavy atom. The van der Waals surface area contributed by atoms with Crippen molar-refractivity contribution in [3.8, 4) is 0 Å². The highest BCUT2D eigenvalue weighted by atomic mass is 32.2. The van der Waals surface area contributed by atoms with Crippen LogP contribution in [0.15, 0.2) is 66.1 Å². The summed E-state index contributed by atoms with van der Waals surface area (Å²) >= 11 is 0. The van der Waals surface area contributed by atoms with Gasteiger partial charge in [-0.15, -0.1) is 0 Å². The number of nitrogen functional groups attached to an aromatic ring is 1. The number of nitrogens with two attached hydrogens (primary N) is 1. The summed E-state index contributed by atoms with van der Waals surface area (Å²) in [5.41, 5.74) is 5.85. The smallest absolute Gasteiger partial charge is 0.384 e. The number of alkyl halides is 3. The van der Waals surface area contributed by atoms with Crippen LogP contribution >= 0.6 is 0 Å². The minimum Gasteiger partial charge on any atom is -0.384 e. The van der Waals surface area contributed by atoms with Crippen LogP contribution in [0.1, 0.15) is 27.0 Å². The highest BCUT2D eigenvalue weighted by Crippen LogP contribution is 2.31. The molecule has 0 unspecified atom stereocenters. The molecule has 2 N–H and O–H groups in total. The molecule has 186 valence electrons. The third-order valence-corrected chi connectivity index (χ3v) is 6.30. The Hall–Kier alpha value is -4.06. The molecule has 0 aliphatic heterocycles. The van der Waals surface area contributed by atoms with Gasteiger partial charge in [0.05, 0.1) is 28.9 Å². The fraction of sp³-hybridized carbons (Fsp3) is 0.167. The van der Waals surface area contributed by atoms with E-state index in [1.54, 1.807) is 37.3 Å². The lowest BCUT2D eigenvalue weighted by atomic mass is 10.1. The van der Waals surface area contributed by atoms with E-state index in [1.807, 2.05) is 0 Å². The lowest BCUT2D eigenvalue weighted by molar-refractivity contribution is -0.137. The number of carbonyl (C=O) groups is 1. The zero-order valence-corrected chi connectivity index (χ0v) is 19.9. The summed E-state index contributed by atoms with van der Waals surface area (Å²) in [6, 6.07) is 10.6. The number of amides is 1. The number of anilines is 2. The molecule has 4 rings (SSSR count). The molecular formula is C24H20F3N5O3S. The molecule has 0 atom stereocenters. The Labute approximate surface area is 204 Å².